The van der Waals surface area contributed by atoms with Gasteiger partial charge in [-0.25, -0.2) is 0 Å². The molecule has 0 saturated carbocycles. The lowest BCUT2D eigenvalue weighted by Crippen LogP contribution is -2.56. The number of nitrogens with two attached hydrogens (primary N) is 1. The molecule has 0 aromatic rings. The Bertz CT molecular complexity index is 250. The van der Waals surface area contributed by atoms with E-state index in [0.29, 0.717) is 6.04 Å². The molecule has 1 rings (SSSR count). The highest BCUT2D eigenvalue weighted by atomic mass is 16.5. The van der Waals surface area contributed by atoms with Crippen LogP contribution in [0.15, 0.2) is 0 Å². The summed E-state index contributed by atoms with van der Waals surface area (Å²) in [4.78, 5) is 5.05. The standard InChI is InChI=1S/C15H33N3O/c1-5-9-18-10-6-7-15(13-16,8-11-18)17(3)14(2)12-19-4/h14H,5-13,16H2,1-4H3. The third-order valence-electron chi connectivity index (χ3n) is 4.75. The van der Waals surface area contributed by atoms with E-state index in [1.807, 2.05) is 0 Å². The second-order valence-corrected chi connectivity index (χ2v) is 6.04. The molecule has 1 aliphatic rings. The average Bonchev–Trinajstić information content (AvgIpc) is 2.62. The summed E-state index contributed by atoms with van der Waals surface area (Å²) in [5.74, 6) is 0. The van der Waals surface area contributed by atoms with Gasteiger partial charge in [0.1, 0.15) is 0 Å². The maximum atomic E-state index is 6.16. The Morgan fingerprint density at radius 1 is 1.37 bits per heavy atom. The molecule has 1 aliphatic heterocycles. The van der Waals surface area contributed by atoms with Gasteiger partial charge in [0.15, 0.2) is 0 Å². The van der Waals surface area contributed by atoms with E-state index in [-0.39, 0.29) is 5.54 Å². The Hall–Kier alpha value is -0.160. The minimum absolute atomic E-state index is 0.153. The zero-order chi connectivity index (χ0) is 14.3. The van der Waals surface area contributed by atoms with E-state index in [0.717, 1.165) is 13.2 Å². The molecule has 1 saturated heterocycles. The van der Waals surface area contributed by atoms with Crippen LogP contribution in [0, 0.1) is 0 Å². The van der Waals surface area contributed by atoms with Crippen molar-refractivity contribution in [2.24, 2.45) is 5.73 Å². The molecule has 2 unspecified atom stereocenters. The van der Waals surface area contributed by atoms with Crippen LogP contribution in [0.1, 0.15) is 39.5 Å². The molecule has 2 atom stereocenters. The van der Waals surface area contributed by atoms with Crippen molar-refractivity contribution in [2.75, 3.05) is 46.9 Å². The van der Waals surface area contributed by atoms with Crippen LogP contribution in [-0.4, -0.2) is 68.3 Å². The molecular weight excluding hydrogens is 238 g/mol. The van der Waals surface area contributed by atoms with Crippen LogP contribution in [0.25, 0.3) is 0 Å². The number of likely N-dealkylation sites (tertiary alicyclic amines) is 1. The van der Waals surface area contributed by atoms with E-state index in [1.165, 1.54) is 45.3 Å². The highest BCUT2D eigenvalue weighted by molar-refractivity contribution is 4.95. The fraction of sp³-hybridized carbons (Fsp3) is 1.00. The Morgan fingerprint density at radius 2 is 2.11 bits per heavy atom. The van der Waals surface area contributed by atoms with Gasteiger partial charge in [0.2, 0.25) is 0 Å². The van der Waals surface area contributed by atoms with E-state index >= 15 is 0 Å². The smallest absolute Gasteiger partial charge is 0.0615 e. The molecule has 19 heavy (non-hydrogen) atoms. The fourth-order valence-electron chi connectivity index (χ4n) is 3.30. The molecule has 0 aromatic carbocycles. The highest BCUT2D eigenvalue weighted by Gasteiger charge is 2.37. The van der Waals surface area contributed by atoms with Crippen LogP contribution in [0.5, 0.6) is 0 Å². The monoisotopic (exact) mass is 271 g/mol. The van der Waals surface area contributed by atoms with Crippen LogP contribution in [0.2, 0.25) is 0 Å². The van der Waals surface area contributed by atoms with Gasteiger partial charge in [0, 0.05) is 25.2 Å². The molecule has 4 heteroatoms. The minimum atomic E-state index is 0.153. The molecule has 114 valence electrons. The SMILES string of the molecule is CCCN1CCCC(CN)(N(C)C(C)COC)CC1. The van der Waals surface area contributed by atoms with E-state index < -0.39 is 0 Å². The van der Waals surface area contributed by atoms with Crippen LogP contribution in [-0.2, 0) is 4.74 Å². The highest BCUT2D eigenvalue weighted by Crippen LogP contribution is 2.29. The number of hydrogen-bond acceptors (Lipinski definition) is 4. The normalized spacial score (nSPS) is 27.5. The van der Waals surface area contributed by atoms with Gasteiger partial charge in [0.25, 0.3) is 0 Å². The van der Waals surface area contributed by atoms with Gasteiger partial charge < -0.3 is 15.4 Å². The number of rotatable bonds is 7. The number of nitrogens with zero attached hydrogens (tertiary/aromatic N) is 2. The van der Waals surface area contributed by atoms with Crippen molar-refractivity contribution >= 4 is 0 Å². The molecular formula is C15H33N3O. The van der Waals surface area contributed by atoms with Gasteiger partial charge in [0.05, 0.1) is 6.61 Å². The first kappa shape index (κ1) is 16.9. The average molecular weight is 271 g/mol. The van der Waals surface area contributed by atoms with E-state index in [2.05, 4.69) is 30.7 Å². The van der Waals surface area contributed by atoms with E-state index in [9.17, 15) is 0 Å². The summed E-state index contributed by atoms with van der Waals surface area (Å²) in [6.45, 7) is 9.63. The third kappa shape index (κ3) is 4.42. The number of hydrogen-bond donors (Lipinski definition) is 1. The largest absolute Gasteiger partial charge is 0.383 e. The third-order valence-corrected chi connectivity index (χ3v) is 4.75. The molecule has 0 amide bonds. The van der Waals surface area contributed by atoms with Crippen molar-refractivity contribution in [2.45, 2.75) is 51.1 Å². The molecule has 1 heterocycles. The van der Waals surface area contributed by atoms with Crippen molar-refractivity contribution in [3.63, 3.8) is 0 Å². The summed E-state index contributed by atoms with van der Waals surface area (Å²) in [5, 5.41) is 0. The summed E-state index contributed by atoms with van der Waals surface area (Å²) in [7, 11) is 3.99. The summed E-state index contributed by atoms with van der Waals surface area (Å²) in [5.41, 5.74) is 6.31. The minimum Gasteiger partial charge on any atom is -0.383 e. The van der Waals surface area contributed by atoms with Crippen LogP contribution >= 0.6 is 0 Å². The summed E-state index contributed by atoms with van der Waals surface area (Å²) in [6, 6.07) is 0.422. The fourth-order valence-corrected chi connectivity index (χ4v) is 3.30. The lowest BCUT2D eigenvalue weighted by molar-refractivity contribution is 0.0290. The van der Waals surface area contributed by atoms with Crippen molar-refractivity contribution in [1.82, 2.24) is 9.80 Å². The number of methoxy groups -OCH3 is 1. The lowest BCUT2D eigenvalue weighted by atomic mass is 9.87. The zero-order valence-corrected chi connectivity index (χ0v) is 13.3. The second kappa shape index (κ2) is 8.20. The molecule has 0 aliphatic carbocycles. The maximum Gasteiger partial charge on any atom is 0.0615 e. The molecule has 0 bridgehead atoms. The molecule has 0 radical (unpaired) electrons. The molecule has 1 fully saturated rings. The van der Waals surface area contributed by atoms with Gasteiger partial charge in [-0.05, 0) is 59.3 Å². The zero-order valence-electron chi connectivity index (χ0n) is 13.3. The molecule has 4 nitrogen and oxygen atoms in total. The van der Waals surface area contributed by atoms with Crippen molar-refractivity contribution in [3.05, 3.63) is 0 Å². The lowest BCUT2D eigenvalue weighted by Gasteiger charge is -2.44. The first-order valence-electron chi connectivity index (χ1n) is 7.74. The van der Waals surface area contributed by atoms with Crippen molar-refractivity contribution in [1.29, 1.82) is 0 Å². The Balaban J connectivity index is 2.68. The number of likely N-dealkylation sites (N-methyl/N-ethyl adjacent to an activating group) is 1. The van der Waals surface area contributed by atoms with Crippen LogP contribution in [0.3, 0.4) is 0 Å². The predicted octanol–water partition coefficient (Wildman–Crippen LogP) is 1.55. The van der Waals surface area contributed by atoms with Gasteiger partial charge in [-0.2, -0.15) is 0 Å². The quantitative estimate of drug-likeness (QED) is 0.763. The predicted molar refractivity (Wildman–Crippen MR) is 81.5 cm³/mol. The molecule has 0 aromatic heterocycles. The summed E-state index contributed by atoms with van der Waals surface area (Å²) < 4.78 is 5.30. The van der Waals surface area contributed by atoms with E-state index in [1.54, 1.807) is 7.11 Å². The van der Waals surface area contributed by atoms with Gasteiger partial charge in [-0.3, -0.25) is 4.90 Å². The maximum absolute atomic E-state index is 6.16. The summed E-state index contributed by atoms with van der Waals surface area (Å²) in [6.07, 6.45) is 4.87. The van der Waals surface area contributed by atoms with Crippen LogP contribution < -0.4 is 5.73 Å². The topological polar surface area (TPSA) is 41.7 Å². The Morgan fingerprint density at radius 3 is 2.68 bits per heavy atom. The summed E-state index contributed by atoms with van der Waals surface area (Å²) >= 11 is 0. The Kier molecular flexibility index (Phi) is 7.29. The molecule has 2 N–H and O–H groups in total. The molecule has 0 spiro atoms. The van der Waals surface area contributed by atoms with Crippen molar-refractivity contribution in [3.8, 4) is 0 Å². The number of ether oxygens (including phenoxy) is 1. The first-order valence-corrected chi connectivity index (χ1v) is 7.74. The van der Waals surface area contributed by atoms with E-state index in [4.69, 9.17) is 10.5 Å². The van der Waals surface area contributed by atoms with Crippen LogP contribution in [0.4, 0.5) is 0 Å². The van der Waals surface area contributed by atoms with Gasteiger partial charge in [-0.1, -0.05) is 6.92 Å². The first-order chi connectivity index (χ1) is 9.09. The van der Waals surface area contributed by atoms with Gasteiger partial charge in [-0.15, -0.1) is 0 Å². The Labute approximate surface area is 119 Å². The van der Waals surface area contributed by atoms with Crippen molar-refractivity contribution < 1.29 is 4.74 Å². The second-order valence-electron chi connectivity index (χ2n) is 6.04. The van der Waals surface area contributed by atoms with Gasteiger partial charge >= 0.3 is 0 Å².